The van der Waals surface area contributed by atoms with Gasteiger partial charge >= 0.3 is 0 Å². The number of nitrogens with zero attached hydrogens (tertiary/aromatic N) is 11. The molecular formula is C99H142N14O24S6. The van der Waals surface area contributed by atoms with Gasteiger partial charge in [-0.2, -0.15) is 25.8 Å². The Bertz CT molecular complexity index is 6040. The molecule has 13 fully saturated rings. The van der Waals surface area contributed by atoms with E-state index in [0.29, 0.717) is 174 Å². The van der Waals surface area contributed by atoms with E-state index in [1.54, 1.807) is 159 Å². The van der Waals surface area contributed by atoms with Crippen molar-refractivity contribution in [2.45, 2.75) is 180 Å². The number of piperidine rings is 6. The zero-order valence-corrected chi connectivity index (χ0v) is 88.6. The number of likely N-dealkylation sites (N-methyl/N-ethyl adjacent to an activating group) is 1. The normalized spacial score (nSPS) is 22.9. The van der Waals surface area contributed by atoms with Gasteiger partial charge in [0, 0.05) is 174 Å². The van der Waals surface area contributed by atoms with E-state index in [0.717, 1.165) is 117 Å². The van der Waals surface area contributed by atoms with Gasteiger partial charge in [-0.15, -0.1) is 6.58 Å². The molecule has 12 aliphatic heterocycles. The first kappa shape index (κ1) is 111. The van der Waals surface area contributed by atoms with Crippen molar-refractivity contribution in [1.29, 1.82) is 0 Å². The van der Waals surface area contributed by atoms with E-state index >= 15 is 0 Å². The Morgan fingerprint density at radius 1 is 0.406 bits per heavy atom. The zero-order chi connectivity index (χ0) is 103. The third-order valence-corrected chi connectivity index (χ3v) is 41.1. The Labute approximate surface area is 844 Å². The van der Waals surface area contributed by atoms with E-state index in [1.807, 2.05) is 32.1 Å². The molecule has 19 rings (SSSR count). The highest BCUT2D eigenvalue weighted by atomic mass is 32.2. The van der Waals surface area contributed by atoms with E-state index in [4.69, 9.17) is 42.6 Å². The van der Waals surface area contributed by atoms with Crippen LogP contribution in [0.3, 0.4) is 0 Å². The van der Waals surface area contributed by atoms with Crippen LogP contribution in [0.4, 0.5) is 0 Å². The minimum atomic E-state index is -3.81. The van der Waals surface area contributed by atoms with E-state index < -0.39 is 94.4 Å². The molecular weight excluding hydrogens is 1960 g/mol. The van der Waals surface area contributed by atoms with E-state index in [-0.39, 0.29) is 49.6 Å². The second-order valence-corrected chi connectivity index (χ2v) is 49.6. The topological polar surface area (TPSA) is 411 Å². The molecule has 13 aliphatic rings. The lowest BCUT2D eigenvalue weighted by molar-refractivity contribution is -0.119. The second kappa shape index (κ2) is 46.9. The summed E-state index contributed by atoms with van der Waals surface area (Å²) in [5.41, 5.74) is -3.41. The first-order valence-corrected chi connectivity index (χ1v) is 57.8. The average Bonchev–Trinajstić information content (AvgIpc) is 1.56. The number of Topliss-reactive ketones (excluding diaryl/α,β-unsaturated/α-hetero) is 2. The van der Waals surface area contributed by atoms with Crippen molar-refractivity contribution < 1.29 is 108 Å². The maximum atomic E-state index is 13.5. The fourth-order valence-electron chi connectivity index (χ4n) is 21.0. The summed E-state index contributed by atoms with van der Waals surface area (Å²) < 4.78 is 217. The molecule has 12 heterocycles. The summed E-state index contributed by atoms with van der Waals surface area (Å²) in [5.74, 6) is 2.95. The summed E-state index contributed by atoms with van der Waals surface area (Å²) in [6, 6.07) is 38.0. The summed E-state index contributed by atoms with van der Waals surface area (Å²) in [6.45, 7) is 25.6. The molecule has 1 unspecified atom stereocenters. The number of carbonyl (C=O) groups is 3. The lowest BCUT2D eigenvalue weighted by Crippen LogP contribution is -2.59. The van der Waals surface area contributed by atoms with Crippen LogP contribution in [0.5, 0.6) is 23.0 Å². The van der Waals surface area contributed by atoms with Crippen LogP contribution in [-0.2, 0) is 88.6 Å². The second-order valence-electron chi connectivity index (χ2n) is 38.5. The number of ether oxygens (including phenoxy) is 9. The number of nitrogens with one attached hydrogen (secondary N) is 3. The number of amides is 1. The Morgan fingerprint density at radius 2 is 0.713 bits per heavy atom. The number of methoxy groups -OCH3 is 4. The minimum absolute atomic E-state index is 0.0845. The number of hydrogen-bond donors (Lipinski definition) is 3. The Hall–Kier alpha value is -7.95. The number of benzene rings is 6. The predicted octanol–water partition coefficient (Wildman–Crippen LogP) is 7.29. The molecule has 6 aromatic carbocycles. The van der Waals surface area contributed by atoms with Gasteiger partial charge in [0.1, 0.15) is 57.3 Å². The predicted molar refractivity (Wildman–Crippen MR) is 537 cm³/mol. The van der Waals surface area contributed by atoms with Crippen molar-refractivity contribution >= 4 is 77.6 Å². The van der Waals surface area contributed by atoms with Crippen LogP contribution in [0.1, 0.15) is 131 Å². The van der Waals surface area contributed by atoms with Crippen molar-refractivity contribution in [2.24, 2.45) is 5.92 Å². The summed E-state index contributed by atoms with van der Waals surface area (Å²) in [4.78, 5) is 47.4. The summed E-state index contributed by atoms with van der Waals surface area (Å²) in [5, 5.41) is 9.28. The van der Waals surface area contributed by atoms with Crippen molar-refractivity contribution in [3.8, 4) is 23.0 Å². The highest BCUT2D eigenvalue weighted by Gasteiger charge is 2.58. The molecule has 1 saturated carbocycles. The first-order valence-electron chi connectivity index (χ1n) is 49.2. The van der Waals surface area contributed by atoms with Gasteiger partial charge in [0.25, 0.3) is 0 Å². The van der Waals surface area contributed by atoms with E-state index in [9.17, 15) is 64.9 Å². The molecule has 44 heteroatoms. The number of rotatable bonds is 25. The number of likely N-dealkylation sites (tertiary alicyclic amines) is 4. The van der Waals surface area contributed by atoms with E-state index in [2.05, 4.69) is 49.1 Å². The summed E-state index contributed by atoms with van der Waals surface area (Å²) in [7, 11) is -9.66. The van der Waals surface area contributed by atoms with Gasteiger partial charge in [0.2, 0.25) is 66.0 Å². The van der Waals surface area contributed by atoms with Crippen molar-refractivity contribution in [2.75, 3.05) is 220 Å². The third-order valence-electron chi connectivity index (χ3n) is 29.3. The number of hydrogen-bond acceptors (Lipinski definition) is 31. The quantitative estimate of drug-likeness (QED) is 0.0374. The van der Waals surface area contributed by atoms with Crippen LogP contribution in [0, 0.1) is 5.92 Å². The number of ketones is 2. The maximum Gasteiger partial charge on any atom is 0.245 e. The van der Waals surface area contributed by atoms with Gasteiger partial charge in [-0.1, -0.05) is 37.3 Å². The van der Waals surface area contributed by atoms with Gasteiger partial charge in [-0.05, 0) is 221 Å². The van der Waals surface area contributed by atoms with Crippen LogP contribution < -0.4 is 34.9 Å². The molecule has 0 bridgehead atoms. The van der Waals surface area contributed by atoms with Crippen LogP contribution >= 0.6 is 0 Å². The maximum absolute atomic E-state index is 13.5. The molecule has 0 aromatic heterocycles. The van der Waals surface area contributed by atoms with Gasteiger partial charge in [-0.25, -0.2) is 50.5 Å². The van der Waals surface area contributed by atoms with Crippen molar-refractivity contribution in [3.63, 3.8) is 0 Å². The average molecular weight is 2100 g/mol. The fraction of sp³-hybridized carbons (Fsp3) is 0.586. The monoisotopic (exact) mass is 2100 g/mol. The largest absolute Gasteiger partial charge is 0.497 e. The van der Waals surface area contributed by atoms with Gasteiger partial charge in [0.15, 0.2) is 11.6 Å². The molecule has 143 heavy (non-hydrogen) atoms. The van der Waals surface area contributed by atoms with Crippen molar-refractivity contribution in [3.05, 3.63) is 169 Å². The Balaban J connectivity index is 0.000000136. The molecule has 3 N–H and O–H groups in total. The number of carbonyl (C=O) groups excluding carboxylic acids is 3. The Kier molecular flexibility index (Phi) is 36.3. The first-order chi connectivity index (χ1) is 68.2. The fourth-order valence-corrected chi connectivity index (χ4v) is 31.5. The Morgan fingerprint density at radius 3 is 1.03 bits per heavy atom. The standard InChI is InChI=1S/C18H27N3O4S.C18H26N2O4S.C17H24N2O4S.C16H24N2O4S.C15H19N3O4S.C15H22N2O4S/c1-14(22)15-4-6-17(7-5-15)26(23,24)21-16(12-20(2)3)13-25-18(21)8-10-19-11-9-18;1-23-16-4-6-17(7-5-16)25(21,22)20-12-13-24-18(20)8-10-19(11-9-18)14-15-2-3-15;1-3-10-18-11-8-17(9-12-18)19(13-14-23-17)24(20,21)16-6-4-15(22-2)5-7-16;1-3-17-10-8-16(9-11-17)18(12-13-22-16)23(19,20)15-6-4-14(21-2)5-7-15;1-11(19)12-2-4-13(5-3-12)23(21,22)18-10-14(20)17-15(18)6-8-16-9-7-15;1-16-9-7-15(8-10-16)17(11-12-21-15)22(18,19)14-5-3-13(20-2)4-6-14/h4-7,16,19H,8-13H2,1-3H3;4-7,15H,2-3,8-14H2,1H3;3-7H,1,8-14H2,2H3;4-7H,3,8-13H2,1-2H3;2-5,16H,6-10H2,1H3,(H,17,20);3-6H,7-12H2,1-2H3. The third kappa shape index (κ3) is 24.8. The van der Waals surface area contributed by atoms with E-state index in [1.165, 1.54) is 67.4 Å². The SMILES string of the molecule is C=CCN1CCC2(CC1)OCCN2S(=O)(=O)c1ccc(OC)cc1.CC(=O)c1ccc(S(=O)(=O)N2C(CN(C)C)COC23CCNCC3)cc1.CC(=O)c1ccc(S(=O)(=O)N2CC(=O)NC23CCNCC3)cc1.CCN1CCC2(CC1)OCCN2S(=O)(=O)c1ccc(OC)cc1.COc1ccc(S(=O)(=O)N2CCOC23CCN(C)CC3)cc1.COc1ccc(S(=O)(=O)N2CCOC23CCN(CC2CC2)CC3)cc1. The molecule has 1 atom stereocenters. The highest BCUT2D eigenvalue weighted by Crippen LogP contribution is 2.46. The molecule has 6 aromatic rings. The zero-order valence-electron chi connectivity index (χ0n) is 83.7. The van der Waals surface area contributed by atoms with Crippen molar-refractivity contribution in [1.82, 2.24) is 66.3 Å². The van der Waals surface area contributed by atoms with Crippen LogP contribution in [0.15, 0.2) is 188 Å². The molecule has 1 aliphatic carbocycles. The van der Waals surface area contributed by atoms with Crippen LogP contribution in [-0.4, -0.2) is 379 Å². The van der Waals surface area contributed by atoms with Crippen LogP contribution in [0.25, 0.3) is 0 Å². The summed E-state index contributed by atoms with van der Waals surface area (Å²) in [6.07, 6.45) is 12.6. The lowest BCUT2D eigenvalue weighted by atomic mass is 9.99. The lowest BCUT2D eigenvalue weighted by Gasteiger charge is -2.43. The van der Waals surface area contributed by atoms with Gasteiger partial charge in [-0.3, -0.25) is 19.3 Å². The molecule has 6 spiro atoms. The summed E-state index contributed by atoms with van der Waals surface area (Å²) >= 11 is 0. The molecule has 12 saturated heterocycles. The molecule has 38 nitrogen and oxygen atoms in total. The van der Waals surface area contributed by atoms with Crippen LogP contribution in [0.2, 0.25) is 0 Å². The number of sulfonamides is 6. The van der Waals surface area contributed by atoms with Gasteiger partial charge < -0.3 is 78.2 Å². The molecule has 788 valence electrons. The molecule has 0 radical (unpaired) electrons. The molecule has 1 amide bonds. The minimum Gasteiger partial charge on any atom is -0.497 e. The highest BCUT2D eigenvalue weighted by molar-refractivity contribution is 7.90. The smallest absolute Gasteiger partial charge is 0.245 e. The van der Waals surface area contributed by atoms with Gasteiger partial charge in [0.05, 0.1) is 103 Å².